The van der Waals surface area contributed by atoms with Crippen molar-refractivity contribution in [3.63, 3.8) is 0 Å². The molecule has 2 aromatic rings. The Bertz CT molecular complexity index is 1010. The number of rotatable bonds is 4. The van der Waals surface area contributed by atoms with Crippen LogP contribution < -0.4 is 0 Å². The summed E-state index contributed by atoms with van der Waals surface area (Å²) in [5.74, 6) is 6.12. The second kappa shape index (κ2) is 9.94. The first-order valence-corrected chi connectivity index (χ1v) is 11.5. The van der Waals surface area contributed by atoms with Crippen molar-refractivity contribution in [1.29, 1.82) is 0 Å². The molecule has 1 unspecified atom stereocenters. The van der Waals surface area contributed by atoms with Crippen molar-refractivity contribution in [2.75, 3.05) is 6.61 Å². The van der Waals surface area contributed by atoms with Gasteiger partial charge in [-0.15, -0.1) is 0 Å². The molecular weight excluding hydrogens is 420 g/mol. The summed E-state index contributed by atoms with van der Waals surface area (Å²) >= 11 is 0. The molecule has 1 saturated heterocycles. The third-order valence-corrected chi connectivity index (χ3v) is 6.81. The maximum atomic E-state index is 10.5. The third kappa shape index (κ3) is 5.30. The molecule has 5 N–H and O–H groups in total. The number of hydrogen-bond acceptors (Lipinski definition) is 6. The number of ether oxygens (including phenoxy) is 1. The minimum absolute atomic E-state index is 0.452. The number of aliphatic hydroxyl groups excluding tert-OH is 4. The summed E-state index contributed by atoms with van der Waals surface area (Å²) in [6.07, 6.45) is -1.68. The van der Waals surface area contributed by atoms with E-state index in [2.05, 4.69) is 11.8 Å². The van der Waals surface area contributed by atoms with E-state index in [9.17, 15) is 25.5 Å². The zero-order valence-electron chi connectivity index (χ0n) is 18.8. The van der Waals surface area contributed by atoms with Crippen molar-refractivity contribution < 1.29 is 30.3 Å². The van der Waals surface area contributed by atoms with Crippen LogP contribution in [0.25, 0.3) is 0 Å². The monoisotopic (exact) mass is 452 g/mol. The van der Waals surface area contributed by atoms with Gasteiger partial charge >= 0.3 is 0 Å². The topological polar surface area (TPSA) is 110 Å². The molecule has 6 nitrogen and oxygen atoms in total. The molecule has 1 aliphatic carbocycles. The van der Waals surface area contributed by atoms with Crippen LogP contribution in [0.3, 0.4) is 0 Å². The van der Waals surface area contributed by atoms with Gasteiger partial charge in [0.1, 0.15) is 36.1 Å². The van der Waals surface area contributed by atoms with Gasteiger partial charge in [-0.25, -0.2) is 0 Å². The fraction of sp³-hybridized carbons (Fsp3) is 0.481. The Morgan fingerprint density at radius 3 is 2.33 bits per heavy atom. The lowest BCUT2D eigenvalue weighted by Gasteiger charge is -2.40. The summed E-state index contributed by atoms with van der Waals surface area (Å²) in [5, 5.41) is 50.5. The average Bonchev–Trinajstić information content (AvgIpc) is 3.25. The summed E-state index contributed by atoms with van der Waals surface area (Å²) in [7, 11) is 0. The second-order valence-electron chi connectivity index (χ2n) is 9.30. The molecule has 2 fully saturated rings. The molecule has 1 heterocycles. The Kier molecular flexibility index (Phi) is 7.20. The first kappa shape index (κ1) is 23.9. The highest BCUT2D eigenvalue weighted by Gasteiger charge is 2.44. The maximum Gasteiger partial charge on any atom is 0.125 e. The normalized spacial score (nSPS) is 28.8. The highest BCUT2D eigenvalue weighted by Crippen LogP contribution is 2.33. The summed E-state index contributed by atoms with van der Waals surface area (Å²) in [4.78, 5) is 0. The Labute approximate surface area is 194 Å². The van der Waals surface area contributed by atoms with Crippen molar-refractivity contribution in [2.24, 2.45) is 0 Å². The predicted octanol–water partition coefficient (Wildman–Crippen LogP) is 1.76. The predicted molar refractivity (Wildman–Crippen MR) is 123 cm³/mol. The van der Waals surface area contributed by atoms with Crippen LogP contribution in [0.2, 0.25) is 0 Å². The lowest BCUT2D eigenvalue weighted by molar-refractivity contribution is -0.231. The van der Waals surface area contributed by atoms with Gasteiger partial charge in [-0.1, -0.05) is 42.2 Å². The number of aliphatic hydroxyl groups is 5. The van der Waals surface area contributed by atoms with E-state index in [0.717, 1.165) is 47.9 Å². The average molecular weight is 453 g/mol. The Hall–Kier alpha value is -2.24. The van der Waals surface area contributed by atoms with E-state index >= 15 is 0 Å². The molecule has 2 aromatic carbocycles. The van der Waals surface area contributed by atoms with Gasteiger partial charge in [0.25, 0.3) is 0 Å². The van der Waals surface area contributed by atoms with Gasteiger partial charge < -0.3 is 30.3 Å². The Morgan fingerprint density at radius 2 is 1.67 bits per heavy atom. The van der Waals surface area contributed by atoms with E-state index < -0.39 is 42.7 Å². The number of benzene rings is 2. The van der Waals surface area contributed by atoms with Crippen LogP contribution in [0.1, 0.15) is 59.6 Å². The molecule has 4 rings (SSSR count). The molecule has 6 heteroatoms. The van der Waals surface area contributed by atoms with E-state index in [0.29, 0.717) is 12.0 Å². The highest BCUT2D eigenvalue weighted by molar-refractivity contribution is 5.41. The minimum atomic E-state index is -1.40. The van der Waals surface area contributed by atoms with Gasteiger partial charge in [0.05, 0.1) is 6.61 Å². The molecule has 5 atom stereocenters. The first-order chi connectivity index (χ1) is 15.8. The van der Waals surface area contributed by atoms with E-state index in [1.54, 1.807) is 0 Å². The summed E-state index contributed by atoms with van der Waals surface area (Å²) in [6, 6.07) is 13.7. The van der Waals surface area contributed by atoms with Crippen LogP contribution in [0.15, 0.2) is 42.5 Å². The van der Waals surface area contributed by atoms with Crippen LogP contribution >= 0.6 is 0 Å². The van der Waals surface area contributed by atoms with Gasteiger partial charge in [-0.05, 0) is 73.4 Å². The van der Waals surface area contributed by atoms with Crippen LogP contribution in [-0.4, -0.2) is 62.2 Å². The van der Waals surface area contributed by atoms with Crippen molar-refractivity contribution in [2.45, 2.75) is 75.1 Å². The van der Waals surface area contributed by atoms with Gasteiger partial charge in [0.2, 0.25) is 0 Å². The van der Waals surface area contributed by atoms with E-state index in [1.165, 1.54) is 0 Å². The lowest BCUT2D eigenvalue weighted by Crippen LogP contribution is -2.55. The largest absolute Gasteiger partial charge is 0.394 e. The summed E-state index contributed by atoms with van der Waals surface area (Å²) in [5.41, 5.74) is 3.92. The van der Waals surface area contributed by atoms with Gasteiger partial charge in [-0.2, -0.15) is 0 Å². The van der Waals surface area contributed by atoms with E-state index in [-0.39, 0.29) is 0 Å². The Balaban J connectivity index is 1.50. The molecule has 0 bridgehead atoms. The Morgan fingerprint density at radius 1 is 0.970 bits per heavy atom. The van der Waals surface area contributed by atoms with Crippen LogP contribution in [0.5, 0.6) is 0 Å². The molecule has 0 radical (unpaired) electrons. The highest BCUT2D eigenvalue weighted by atomic mass is 16.5. The summed E-state index contributed by atoms with van der Waals surface area (Å²) in [6.45, 7) is 1.56. The van der Waals surface area contributed by atoms with Gasteiger partial charge in [-0.3, -0.25) is 0 Å². The maximum absolute atomic E-state index is 10.5. The third-order valence-electron chi connectivity index (χ3n) is 6.81. The molecule has 33 heavy (non-hydrogen) atoms. The zero-order valence-corrected chi connectivity index (χ0v) is 18.8. The smallest absolute Gasteiger partial charge is 0.125 e. The molecule has 0 amide bonds. The van der Waals surface area contributed by atoms with Gasteiger partial charge in [0.15, 0.2) is 0 Å². The second-order valence-corrected chi connectivity index (χ2v) is 9.30. The van der Waals surface area contributed by atoms with Crippen molar-refractivity contribution in [1.82, 2.24) is 0 Å². The molecule has 2 aliphatic rings. The standard InChI is InChI=1S/C27H32O6/c1-17-4-9-20(26-25(31)24(30)23(29)22(16-28)33-26)15-21(17)14-19-7-5-18(6-8-19)10-13-27(32)11-2-3-12-27/h4-9,15,22-26,28-32H,2-3,11-12,14,16H2,1H3/t22-,23-,24+,25?,26+/m1/s1. The zero-order chi connectivity index (χ0) is 23.6. The fourth-order valence-corrected chi connectivity index (χ4v) is 4.64. The molecule has 1 aliphatic heterocycles. The van der Waals surface area contributed by atoms with Gasteiger partial charge in [0, 0.05) is 5.56 Å². The first-order valence-electron chi connectivity index (χ1n) is 11.5. The molecule has 0 aromatic heterocycles. The van der Waals surface area contributed by atoms with Crippen molar-refractivity contribution in [3.05, 3.63) is 70.3 Å². The molecule has 176 valence electrons. The van der Waals surface area contributed by atoms with E-state index in [1.807, 2.05) is 49.4 Å². The molecule has 0 spiro atoms. The van der Waals surface area contributed by atoms with Crippen LogP contribution in [0.4, 0.5) is 0 Å². The lowest BCUT2D eigenvalue weighted by atomic mass is 9.89. The van der Waals surface area contributed by atoms with Crippen molar-refractivity contribution in [3.8, 4) is 11.8 Å². The SMILES string of the molecule is Cc1ccc([C@@H]2O[C@H](CO)[C@@H](O)[C@H](O)C2O)cc1Cc1ccc(C#CC2(O)CCCC2)cc1. The number of hydrogen-bond donors (Lipinski definition) is 5. The summed E-state index contributed by atoms with van der Waals surface area (Å²) < 4.78 is 5.71. The fourth-order valence-electron chi connectivity index (χ4n) is 4.64. The quantitative estimate of drug-likeness (QED) is 0.452. The molecular formula is C27H32O6. The van der Waals surface area contributed by atoms with E-state index in [4.69, 9.17) is 4.74 Å². The minimum Gasteiger partial charge on any atom is -0.394 e. The van der Waals surface area contributed by atoms with Crippen LogP contribution in [-0.2, 0) is 11.2 Å². The molecule has 1 saturated carbocycles. The number of aryl methyl sites for hydroxylation is 1. The van der Waals surface area contributed by atoms with Crippen molar-refractivity contribution >= 4 is 0 Å². The van der Waals surface area contributed by atoms with Crippen LogP contribution in [0, 0.1) is 18.8 Å².